The zero-order valence-electron chi connectivity index (χ0n) is 11.4. The van der Waals surface area contributed by atoms with Crippen molar-refractivity contribution in [2.45, 2.75) is 46.5 Å². The summed E-state index contributed by atoms with van der Waals surface area (Å²) in [7, 11) is 0. The lowest BCUT2D eigenvalue weighted by atomic mass is 9.81. The zero-order chi connectivity index (χ0) is 13.2. The summed E-state index contributed by atoms with van der Waals surface area (Å²) < 4.78 is 0. The van der Waals surface area contributed by atoms with Crippen LogP contribution in [0.3, 0.4) is 0 Å². The lowest BCUT2D eigenvalue weighted by Gasteiger charge is -2.24. The molecule has 2 nitrogen and oxygen atoms in total. The number of phenolic OH excluding ortho intramolecular Hbond substituents is 1. The molecule has 1 aromatic rings. The van der Waals surface area contributed by atoms with E-state index >= 15 is 0 Å². The van der Waals surface area contributed by atoms with Crippen molar-refractivity contribution in [1.29, 1.82) is 0 Å². The molecule has 0 heterocycles. The van der Waals surface area contributed by atoms with Crippen LogP contribution in [0.4, 0.5) is 0 Å². The van der Waals surface area contributed by atoms with Gasteiger partial charge in [-0.05, 0) is 29.5 Å². The second-order valence-corrected chi connectivity index (χ2v) is 5.49. The smallest absolute Gasteiger partial charge is 0.169 e. The highest BCUT2D eigenvalue weighted by atomic mass is 16.3. The van der Waals surface area contributed by atoms with Crippen LogP contribution in [-0.4, -0.2) is 10.9 Å². The van der Waals surface area contributed by atoms with Gasteiger partial charge in [0, 0.05) is 5.92 Å². The van der Waals surface area contributed by atoms with Gasteiger partial charge in [0.1, 0.15) is 5.75 Å². The molecule has 0 radical (unpaired) electrons. The van der Waals surface area contributed by atoms with Gasteiger partial charge in [-0.3, -0.25) is 4.79 Å². The highest BCUT2D eigenvalue weighted by Gasteiger charge is 2.22. The van der Waals surface area contributed by atoms with Crippen molar-refractivity contribution in [1.82, 2.24) is 0 Å². The number of benzene rings is 1. The molecule has 0 saturated carbocycles. The highest BCUT2D eigenvalue weighted by molar-refractivity contribution is 6.00. The van der Waals surface area contributed by atoms with Gasteiger partial charge in [0.15, 0.2) is 5.78 Å². The standard InChI is InChI=1S/C15H22O2/c1-6-15(4,5)11-7-8-13(16)12(9-11)14(17)10(2)3/h7-10,16H,6H2,1-5H3. The van der Waals surface area contributed by atoms with Crippen LogP contribution in [0.25, 0.3) is 0 Å². The van der Waals surface area contributed by atoms with Gasteiger partial charge in [0.2, 0.25) is 0 Å². The van der Waals surface area contributed by atoms with E-state index in [1.807, 2.05) is 26.0 Å². The van der Waals surface area contributed by atoms with Crippen molar-refractivity contribution >= 4 is 5.78 Å². The summed E-state index contributed by atoms with van der Waals surface area (Å²) in [4.78, 5) is 12.0. The van der Waals surface area contributed by atoms with Crippen LogP contribution in [0.1, 0.15) is 57.0 Å². The monoisotopic (exact) mass is 234 g/mol. The molecule has 0 saturated heterocycles. The fourth-order valence-corrected chi connectivity index (χ4v) is 1.67. The van der Waals surface area contributed by atoms with Gasteiger partial charge in [-0.25, -0.2) is 0 Å². The van der Waals surface area contributed by atoms with E-state index in [1.165, 1.54) is 0 Å². The minimum absolute atomic E-state index is 0.00347. The molecule has 94 valence electrons. The summed E-state index contributed by atoms with van der Waals surface area (Å²) in [6.07, 6.45) is 0.993. The van der Waals surface area contributed by atoms with E-state index in [2.05, 4.69) is 20.8 Å². The van der Waals surface area contributed by atoms with Crippen molar-refractivity contribution in [3.63, 3.8) is 0 Å². The van der Waals surface area contributed by atoms with Crippen molar-refractivity contribution in [2.24, 2.45) is 5.92 Å². The Kier molecular flexibility index (Phi) is 3.97. The molecule has 0 aliphatic rings. The minimum atomic E-state index is -0.0964. The van der Waals surface area contributed by atoms with E-state index in [0.717, 1.165) is 12.0 Å². The third-order valence-electron chi connectivity index (χ3n) is 3.45. The highest BCUT2D eigenvalue weighted by Crippen LogP contribution is 2.31. The van der Waals surface area contributed by atoms with E-state index in [-0.39, 0.29) is 22.9 Å². The number of rotatable bonds is 4. The first-order valence-corrected chi connectivity index (χ1v) is 6.17. The molecule has 17 heavy (non-hydrogen) atoms. The lowest BCUT2D eigenvalue weighted by molar-refractivity contribution is 0.0936. The van der Waals surface area contributed by atoms with Gasteiger partial charge in [-0.1, -0.05) is 40.7 Å². The number of phenols is 1. The van der Waals surface area contributed by atoms with Crippen molar-refractivity contribution < 1.29 is 9.90 Å². The Hall–Kier alpha value is -1.31. The van der Waals surface area contributed by atoms with Crippen molar-refractivity contribution in [3.8, 4) is 5.75 Å². The van der Waals surface area contributed by atoms with Crippen LogP contribution < -0.4 is 0 Å². The largest absolute Gasteiger partial charge is 0.507 e. The maximum absolute atomic E-state index is 12.0. The van der Waals surface area contributed by atoms with Crippen molar-refractivity contribution in [2.75, 3.05) is 0 Å². The summed E-state index contributed by atoms with van der Waals surface area (Å²) in [6, 6.07) is 5.36. The van der Waals surface area contributed by atoms with Crippen LogP contribution in [0.5, 0.6) is 5.75 Å². The molecule has 0 aliphatic carbocycles. The molecule has 0 unspecified atom stereocenters. The third kappa shape index (κ3) is 2.87. The van der Waals surface area contributed by atoms with Gasteiger partial charge in [-0.2, -0.15) is 0 Å². The van der Waals surface area contributed by atoms with Crippen LogP contribution in [0.2, 0.25) is 0 Å². The van der Waals surface area contributed by atoms with E-state index in [0.29, 0.717) is 5.56 Å². The SMILES string of the molecule is CCC(C)(C)c1ccc(O)c(C(=O)C(C)C)c1. The second-order valence-electron chi connectivity index (χ2n) is 5.49. The summed E-state index contributed by atoms with van der Waals surface area (Å²) in [6.45, 7) is 10.1. The van der Waals surface area contributed by atoms with E-state index in [4.69, 9.17) is 0 Å². The Morgan fingerprint density at radius 1 is 1.35 bits per heavy atom. The second kappa shape index (κ2) is 4.91. The Morgan fingerprint density at radius 3 is 2.41 bits per heavy atom. The number of hydrogen-bond donors (Lipinski definition) is 1. The number of Topliss-reactive ketones (excluding diaryl/α,β-unsaturated/α-hetero) is 1. The first kappa shape index (κ1) is 13.8. The van der Waals surface area contributed by atoms with Gasteiger partial charge >= 0.3 is 0 Å². The Bertz CT molecular complexity index is 417. The molecule has 0 amide bonds. The lowest BCUT2D eigenvalue weighted by Crippen LogP contribution is -2.17. The summed E-state index contributed by atoms with van der Waals surface area (Å²) >= 11 is 0. The van der Waals surface area contributed by atoms with E-state index in [1.54, 1.807) is 6.07 Å². The molecular weight excluding hydrogens is 212 g/mol. The van der Waals surface area contributed by atoms with Gasteiger partial charge in [0.25, 0.3) is 0 Å². The Balaban J connectivity index is 3.25. The third-order valence-corrected chi connectivity index (χ3v) is 3.45. The van der Waals surface area contributed by atoms with Crippen LogP contribution in [0, 0.1) is 5.92 Å². The molecule has 1 aromatic carbocycles. The number of carbonyl (C=O) groups is 1. The predicted molar refractivity (Wildman–Crippen MR) is 70.6 cm³/mol. The average Bonchev–Trinajstić information content (AvgIpc) is 2.28. The molecule has 0 aromatic heterocycles. The molecule has 0 bridgehead atoms. The molecule has 0 atom stereocenters. The Labute approximate surface area is 104 Å². The quantitative estimate of drug-likeness (QED) is 0.802. The fraction of sp³-hybridized carbons (Fsp3) is 0.533. The number of ketones is 1. The average molecular weight is 234 g/mol. The van der Waals surface area contributed by atoms with Crippen LogP contribution in [-0.2, 0) is 5.41 Å². The fourth-order valence-electron chi connectivity index (χ4n) is 1.67. The zero-order valence-corrected chi connectivity index (χ0v) is 11.4. The van der Waals surface area contributed by atoms with Crippen LogP contribution >= 0.6 is 0 Å². The normalized spacial score (nSPS) is 11.9. The molecule has 1 rings (SSSR count). The first-order chi connectivity index (χ1) is 7.79. The number of carbonyl (C=O) groups excluding carboxylic acids is 1. The Morgan fingerprint density at radius 2 is 1.94 bits per heavy atom. The topological polar surface area (TPSA) is 37.3 Å². The number of aromatic hydroxyl groups is 1. The van der Waals surface area contributed by atoms with Crippen molar-refractivity contribution in [3.05, 3.63) is 29.3 Å². The molecule has 0 spiro atoms. The molecule has 0 fully saturated rings. The van der Waals surface area contributed by atoms with E-state index in [9.17, 15) is 9.90 Å². The van der Waals surface area contributed by atoms with E-state index < -0.39 is 0 Å². The molecule has 2 heteroatoms. The maximum Gasteiger partial charge on any atom is 0.169 e. The van der Waals surface area contributed by atoms with Gasteiger partial charge in [-0.15, -0.1) is 0 Å². The summed E-state index contributed by atoms with van der Waals surface area (Å²) in [5.41, 5.74) is 1.57. The molecule has 0 aliphatic heterocycles. The minimum Gasteiger partial charge on any atom is -0.507 e. The summed E-state index contributed by atoms with van der Waals surface area (Å²) in [5, 5.41) is 9.77. The summed E-state index contributed by atoms with van der Waals surface area (Å²) in [5.74, 6) is -0.0171. The molecular formula is C15H22O2. The number of hydrogen-bond acceptors (Lipinski definition) is 2. The van der Waals surface area contributed by atoms with Crippen LogP contribution in [0.15, 0.2) is 18.2 Å². The predicted octanol–water partition coefficient (Wildman–Crippen LogP) is 3.92. The van der Waals surface area contributed by atoms with Gasteiger partial charge < -0.3 is 5.11 Å². The molecule has 1 N–H and O–H groups in total. The maximum atomic E-state index is 12.0. The van der Waals surface area contributed by atoms with Gasteiger partial charge in [0.05, 0.1) is 5.56 Å². The first-order valence-electron chi connectivity index (χ1n) is 6.17.